The molecule has 1 fully saturated rings. The van der Waals surface area contributed by atoms with Crippen LogP contribution in [0, 0.1) is 5.92 Å². The minimum atomic E-state index is -2.70. The van der Waals surface area contributed by atoms with Crippen LogP contribution in [0.4, 0.5) is 8.78 Å². The Balaban J connectivity index is 2.50. The van der Waals surface area contributed by atoms with Gasteiger partial charge in [0.2, 0.25) is 11.8 Å². The lowest BCUT2D eigenvalue weighted by atomic mass is 10.0. The van der Waals surface area contributed by atoms with Gasteiger partial charge < -0.3 is 10.4 Å². The van der Waals surface area contributed by atoms with Crippen LogP contribution in [-0.2, 0) is 4.79 Å². The van der Waals surface area contributed by atoms with Crippen LogP contribution in [0.1, 0.15) is 33.1 Å². The smallest absolute Gasteiger partial charge is 0.248 e. The summed E-state index contributed by atoms with van der Waals surface area (Å²) in [5.74, 6) is -3.71. The first-order valence-electron chi connectivity index (χ1n) is 5.06. The molecule has 0 aromatic carbocycles. The predicted molar refractivity (Wildman–Crippen MR) is 51.6 cm³/mol. The molecule has 1 rings (SSSR count). The van der Waals surface area contributed by atoms with Crippen molar-refractivity contribution in [2.45, 2.75) is 44.6 Å². The standard InChI is InChI=1S/C10H17F2NO2/c1-9(2,6-14)13-8(15)7-3-4-10(11,12)5-7/h7,14H,3-6H2,1-2H3,(H,13,15). The molecular weight excluding hydrogens is 204 g/mol. The second kappa shape index (κ2) is 4.04. The summed E-state index contributed by atoms with van der Waals surface area (Å²) in [4.78, 5) is 11.6. The van der Waals surface area contributed by atoms with E-state index >= 15 is 0 Å². The van der Waals surface area contributed by atoms with Crippen molar-refractivity contribution in [1.82, 2.24) is 5.32 Å². The molecule has 0 saturated heterocycles. The number of amides is 1. The van der Waals surface area contributed by atoms with Gasteiger partial charge in [0.1, 0.15) is 0 Å². The fraction of sp³-hybridized carbons (Fsp3) is 0.900. The van der Waals surface area contributed by atoms with Crippen molar-refractivity contribution in [2.24, 2.45) is 5.92 Å². The van der Waals surface area contributed by atoms with Gasteiger partial charge in [-0.15, -0.1) is 0 Å². The Labute approximate surface area is 87.9 Å². The number of aliphatic hydroxyl groups is 1. The van der Waals surface area contributed by atoms with Gasteiger partial charge in [0.05, 0.1) is 12.1 Å². The molecule has 0 aromatic heterocycles. The number of halogens is 2. The van der Waals surface area contributed by atoms with Crippen LogP contribution in [0.15, 0.2) is 0 Å². The number of carbonyl (C=O) groups excluding carboxylic acids is 1. The second-order valence-electron chi connectivity index (χ2n) is 4.83. The summed E-state index contributed by atoms with van der Waals surface area (Å²) in [6, 6.07) is 0. The number of hydrogen-bond donors (Lipinski definition) is 2. The molecule has 1 unspecified atom stereocenters. The van der Waals surface area contributed by atoms with Crippen LogP contribution >= 0.6 is 0 Å². The van der Waals surface area contributed by atoms with Crippen molar-refractivity contribution < 1.29 is 18.7 Å². The first-order valence-corrected chi connectivity index (χ1v) is 5.06. The summed E-state index contributed by atoms with van der Waals surface area (Å²) in [5.41, 5.74) is -0.741. The molecule has 15 heavy (non-hydrogen) atoms. The summed E-state index contributed by atoms with van der Waals surface area (Å²) >= 11 is 0. The van der Waals surface area contributed by atoms with E-state index in [-0.39, 0.29) is 31.8 Å². The van der Waals surface area contributed by atoms with Crippen molar-refractivity contribution in [3.05, 3.63) is 0 Å². The van der Waals surface area contributed by atoms with Crippen LogP contribution in [0.3, 0.4) is 0 Å². The third-order valence-corrected chi connectivity index (χ3v) is 2.63. The topological polar surface area (TPSA) is 49.3 Å². The Bertz CT molecular complexity index is 254. The van der Waals surface area contributed by atoms with E-state index in [1.807, 2.05) is 0 Å². The van der Waals surface area contributed by atoms with E-state index in [0.717, 1.165) is 0 Å². The Morgan fingerprint density at radius 2 is 2.20 bits per heavy atom. The first kappa shape index (κ1) is 12.4. The van der Waals surface area contributed by atoms with E-state index in [4.69, 9.17) is 5.11 Å². The van der Waals surface area contributed by atoms with E-state index in [1.54, 1.807) is 13.8 Å². The maximum Gasteiger partial charge on any atom is 0.248 e. The lowest BCUT2D eigenvalue weighted by Crippen LogP contribution is -2.48. The quantitative estimate of drug-likeness (QED) is 0.755. The highest BCUT2D eigenvalue weighted by Gasteiger charge is 2.43. The molecule has 1 aliphatic carbocycles. The maximum atomic E-state index is 12.8. The summed E-state index contributed by atoms with van der Waals surface area (Å²) in [6.07, 6.45) is -0.370. The molecule has 0 aliphatic heterocycles. The molecule has 0 radical (unpaired) electrons. The largest absolute Gasteiger partial charge is 0.394 e. The monoisotopic (exact) mass is 221 g/mol. The zero-order valence-corrected chi connectivity index (χ0v) is 9.02. The maximum absolute atomic E-state index is 12.8. The van der Waals surface area contributed by atoms with Gasteiger partial charge >= 0.3 is 0 Å². The van der Waals surface area contributed by atoms with Gasteiger partial charge in [0.15, 0.2) is 0 Å². The van der Waals surface area contributed by atoms with Gasteiger partial charge in [-0.1, -0.05) is 0 Å². The Hall–Kier alpha value is -0.710. The highest BCUT2D eigenvalue weighted by molar-refractivity contribution is 5.79. The normalized spacial score (nSPS) is 25.3. The number of hydrogen-bond acceptors (Lipinski definition) is 2. The van der Waals surface area contributed by atoms with Crippen LogP contribution in [0.2, 0.25) is 0 Å². The van der Waals surface area contributed by atoms with Crippen molar-refractivity contribution in [3.8, 4) is 0 Å². The third kappa shape index (κ3) is 3.41. The highest BCUT2D eigenvalue weighted by Crippen LogP contribution is 2.38. The lowest BCUT2D eigenvalue weighted by molar-refractivity contribution is -0.127. The molecule has 1 saturated carbocycles. The number of nitrogens with one attached hydrogen (secondary N) is 1. The Morgan fingerprint density at radius 3 is 2.60 bits per heavy atom. The molecule has 1 aliphatic rings. The molecular formula is C10H17F2NO2. The molecule has 0 spiro atoms. The van der Waals surface area contributed by atoms with Crippen molar-refractivity contribution in [2.75, 3.05) is 6.61 Å². The molecule has 0 aromatic rings. The number of alkyl halides is 2. The molecule has 2 N–H and O–H groups in total. The molecule has 0 bridgehead atoms. The number of aliphatic hydroxyl groups excluding tert-OH is 1. The number of carbonyl (C=O) groups is 1. The predicted octanol–water partition coefficient (Wildman–Crippen LogP) is 1.31. The summed E-state index contributed by atoms with van der Waals surface area (Å²) in [5, 5.41) is 11.5. The van der Waals surface area contributed by atoms with Gasteiger partial charge in [0, 0.05) is 18.8 Å². The van der Waals surface area contributed by atoms with Gasteiger partial charge in [-0.25, -0.2) is 8.78 Å². The van der Waals surface area contributed by atoms with Gasteiger partial charge in [-0.3, -0.25) is 4.79 Å². The zero-order chi connectivity index (χ0) is 11.7. The van der Waals surface area contributed by atoms with Crippen LogP contribution in [0.25, 0.3) is 0 Å². The zero-order valence-electron chi connectivity index (χ0n) is 9.02. The van der Waals surface area contributed by atoms with Gasteiger partial charge in [0.25, 0.3) is 0 Å². The van der Waals surface area contributed by atoms with E-state index in [1.165, 1.54) is 0 Å². The molecule has 5 heteroatoms. The minimum absolute atomic E-state index is 0.206. The first-order chi connectivity index (χ1) is 6.76. The molecule has 1 atom stereocenters. The summed E-state index contributed by atoms with van der Waals surface area (Å²) in [7, 11) is 0. The Morgan fingerprint density at radius 1 is 1.60 bits per heavy atom. The Kier molecular flexibility index (Phi) is 3.33. The van der Waals surface area contributed by atoms with Crippen LogP contribution < -0.4 is 5.32 Å². The van der Waals surface area contributed by atoms with E-state index in [2.05, 4.69) is 5.32 Å². The summed E-state index contributed by atoms with van der Waals surface area (Å²) < 4.78 is 25.7. The average Bonchev–Trinajstić information content (AvgIpc) is 2.45. The lowest BCUT2D eigenvalue weighted by Gasteiger charge is -2.25. The minimum Gasteiger partial charge on any atom is -0.394 e. The van der Waals surface area contributed by atoms with Gasteiger partial charge in [-0.05, 0) is 20.3 Å². The average molecular weight is 221 g/mol. The van der Waals surface area contributed by atoms with Crippen molar-refractivity contribution in [3.63, 3.8) is 0 Å². The van der Waals surface area contributed by atoms with Crippen LogP contribution in [-0.4, -0.2) is 29.1 Å². The van der Waals surface area contributed by atoms with E-state index in [0.29, 0.717) is 0 Å². The second-order valence-corrected chi connectivity index (χ2v) is 4.83. The fourth-order valence-electron chi connectivity index (χ4n) is 1.65. The van der Waals surface area contributed by atoms with E-state index in [9.17, 15) is 13.6 Å². The molecule has 88 valence electrons. The van der Waals surface area contributed by atoms with Crippen molar-refractivity contribution in [1.29, 1.82) is 0 Å². The van der Waals surface area contributed by atoms with Gasteiger partial charge in [-0.2, -0.15) is 0 Å². The SMILES string of the molecule is CC(C)(CO)NC(=O)C1CCC(F)(F)C1. The van der Waals surface area contributed by atoms with Crippen LogP contribution in [0.5, 0.6) is 0 Å². The molecule has 3 nitrogen and oxygen atoms in total. The number of rotatable bonds is 3. The highest BCUT2D eigenvalue weighted by atomic mass is 19.3. The third-order valence-electron chi connectivity index (χ3n) is 2.63. The van der Waals surface area contributed by atoms with Crippen molar-refractivity contribution >= 4 is 5.91 Å². The van der Waals surface area contributed by atoms with E-state index < -0.39 is 17.4 Å². The fourth-order valence-corrected chi connectivity index (χ4v) is 1.65. The summed E-state index contributed by atoms with van der Waals surface area (Å²) in [6.45, 7) is 3.10. The molecule has 1 amide bonds. The molecule has 0 heterocycles.